The van der Waals surface area contributed by atoms with Crippen molar-refractivity contribution in [2.45, 2.75) is 45.0 Å². The third-order valence-corrected chi connectivity index (χ3v) is 3.12. The zero-order valence-electron chi connectivity index (χ0n) is 12.2. The van der Waals surface area contributed by atoms with Crippen molar-refractivity contribution in [3.05, 3.63) is 29.3 Å². The van der Waals surface area contributed by atoms with Gasteiger partial charge in [-0.15, -0.1) is 0 Å². The van der Waals surface area contributed by atoms with Crippen molar-refractivity contribution in [1.29, 1.82) is 0 Å². The number of hydrogen-bond acceptors (Lipinski definition) is 2. The van der Waals surface area contributed by atoms with Crippen LogP contribution in [0.15, 0.2) is 18.2 Å². The van der Waals surface area contributed by atoms with Crippen LogP contribution >= 0.6 is 15.9 Å². The molecule has 0 aliphatic rings. The second kappa shape index (κ2) is 6.42. The zero-order chi connectivity index (χ0) is 14.6. The molecule has 3 nitrogen and oxygen atoms in total. The van der Waals surface area contributed by atoms with Crippen molar-refractivity contribution in [1.82, 2.24) is 5.32 Å². The molecule has 0 heterocycles. The molecule has 1 aromatic carbocycles. The van der Waals surface area contributed by atoms with E-state index in [0.29, 0.717) is 6.54 Å². The van der Waals surface area contributed by atoms with Gasteiger partial charge < -0.3 is 10.1 Å². The number of rotatable bonds is 5. The first kappa shape index (κ1) is 16.0. The highest BCUT2D eigenvalue weighted by atomic mass is 79.9. The van der Waals surface area contributed by atoms with E-state index in [9.17, 15) is 4.79 Å². The van der Waals surface area contributed by atoms with Crippen LogP contribution in [0.25, 0.3) is 0 Å². The molecule has 1 atom stereocenters. The molecule has 1 unspecified atom stereocenters. The molecular weight excluding hydrogens is 306 g/mol. The van der Waals surface area contributed by atoms with E-state index in [4.69, 9.17) is 4.74 Å². The van der Waals surface area contributed by atoms with Gasteiger partial charge in [-0.2, -0.15) is 0 Å². The van der Waals surface area contributed by atoms with Crippen LogP contribution in [0.3, 0.4) is 0 Å². The van der Waals surface area contributed by atoms with Crippen molar-refractivity contribution in [3.63, 3.8) is 0 Å². The molecule has 0 aliphatic heterocycles. The summed E-state index contributed by atoms with van der Waals surface area (Å²) >= 11 is 3.33. The number of aryl methyl sites for hydroxylation is 2. The molecule has 0 fully saturated rings. The first-order valence-corrected chi connectivity index (χ1v) is 7.20. The summed E-state index contributed by atoms with van der Waals surface area (Å²) in [4.78, 5) is 11.7. The largest absolute Gasteiger partial charge is 0.489 e. The van der Waals surface area contributed by atoms with Gasteiger partial charge in [0.15, 0.2) is 0 Å². The highest BCUT2D eigenvalue weighted by Crippen LogP contribution is 2.20. The molecule has 0 bridgehead atoms. The van der Waals surface area contributed by atoms with Crippen LogP contribution < -0.4 is 10.1 Å². The molecule has 1 rings (SSSR count). The minimum atomic E-state index is -0.550. The lowest BCUT2D eigenvalue weighted by Gasteiger charge is -2.20. The molecule has 4 heteroatoms. The summed E-state index contributed by atoms with van der Waals surface area (Å²) in [5.74, 6) is 0.837. The first-order valence-electron chi connectivity index (χ1n) is 6.41. The molecule has 19 heavy (non-hydrogen) atoms. The lowest BCUT2D eigenvalue weighted by Crippen LogP contribution is -2.42. The summed E-state index contributed by atoms with van der Waals surface area (Å²) in [6, 6.07) is 6.11. The van der Waals surface area contributed by atoms with Gasteiger partial charge in [0.1, 0.15) is 11.9 Å². The fourth-order valence-electron chi connectivity index (χ4n) is 1.54. The van der Waals surface area contributed by atoms with Gasteiger partial charge in [-0.3, -0.25) is 4.79 Å². The van der Waals surface area contributed by atoms with E-state index >= 15 is 0 Å². The van der Waals surface area contributed by atoms with E-state index in [-0.39, 0.29) is 12.0 Å². The predicted octanol–water partition coefficient (Wildman–Crippen LogP) is 3.36. The van der Waals surface area contributed by atoms with Crippen LogP contribution in [0.5, 0.6) is 5.75 Å². The molecule has 0 radical (unpaired) electrons. The molecule has 0 saturated carbocycles. The van der Waals surface area contributed by atoms with Gasteiger partial charge >= 0.3 is 0 Å². The number of carbonyl (C=O) groups is 1. The quantitative estimate of drug-likeness (QED) is 0.842. The minimum absolute atomic E-state index is 0.0380. The van der Waals surface area contributed by atoms with E-state index < -0.39 is 4.32 Å². The molecule has 0 aromatic heterocycles. The normalized spacial score (nSPS) is 12.9. The van der Waals surface area contributed by atoms with Gasteiger partial charge in [0.25, 0.3) is 0 Å². The Bertz CT molecular complexity index is 452. The monoisotopic (exact) mass is 327 g/mol. The van der Waals surface area contributed by atoms with E-state index in [1.54, 1.807) is 0 Å². The third-order valence-electron chi connectivity index (χ3n) is 2.76. The summed E-state index contributed by atoms with van der Waals surface area (Å²) in [7, 11) is 0. The summed E-state index contributed by atoms with van der Waals surface area (Å²) < 4.78 is 5.31. The maximum absolute atomic E-state index is 11.7. The lowest BCUT2D eigenvalue weighted by atomic mass is 10.1. The van der Waals surface area contributed by atoms with Crippen molar-refractivity contribution in [2.75, 3.05) is 6.54 Å². The first-order chi connectivity index (χ1) is 8.70. The fraction of sp³-hybridized carbons (Fsp3) is 0.533. The van der Waals surface area contributed by atoms with Gasteiger partial charge in [-0.1, -0.05) is 28.1 Å². The van der Waals surface area contributed by atoms with Crippen LogP contribution in [0.1, 0.15) is 31.9 Å². The SMILES string of the molecule is Cc1ccc(C)c(OC(C)CNC(=O)C(C)(C)Br)c1. The summed E-state index contributed by atoms with van der Waals surface area (Å²) in [6.07, 6.45) is -0.0701. The van der Waals surface area contributed by atoms with Crippen molar-refractivity contribution < 1.29 is 9.53 Å². The maximum Gasteiger partial charge on any atom is 0.236 e. The molecule has 1 N–H and O–H groups in total. The Kier molecular flexibility index (Phi) is 5.41. The number of amides is 1. The smallest absolute Gasteiger partial charge is 0.236 e. The number of ether oxygens (including phenoxy) is 1. The van der Waals surface area contributed by atoms with Gasteiger partial charge in [-0.05, 0) is 51.8 Å². The Morgan fingerprint density at radius 3 is 2.63 bits per heavy atom. The molecule has 1 aromatic rings. The topological polar surface area (TPSA) is 38.3 Å². The van der Waals surface area contributed by atoms with Crippen LogP contribution in [0.4, 0.5) is 0 Å². The fourth-order valence-corrected chi connectivity index (χ4v) is 1.68. The van der Waals surface area contributed by atoms with E-state index in [1.807, 2.05) is 46.8 Å². The number of halogens is 1. The van der Waals surface area contributed by atoms with Gasteiger partial charge in [0.2, 0.25) is 5.91 Å². The number of hydrogen-bond donors (Lipinski definition) is 1. The Labute approximate surface area is 123 Å². The number of benzene rings is 1. The Morgan fingerprint density at radius 2 is 2.05 bits per heavy atom. The van der Waals surface area contributed by atoms with Crippen LogP contribution in [-0.2, 0) is 4.79 Å². The third kappa shape index (κ3) is 5.23. The Morgan fingerprint density at radius 1 is 1.42 bits per heavy atom. The predicted molar refractivity (Wildman–Crippen MR) is 82.0 cm³/mol. The molecule has 106 valence electrons. The molecule has 0 spiro atoms. The lowest BCUT2D eigenvalue weighted by molar-refractivity contribution is -0.122. The summed E-state index contributed by atoms with van der Waals surface area (Å²) in [5.41, 5.74) is 2.27. The average molecular weight is 328 g/mol. The minimum Gasteiger partial charge on any atom is -0.489 e. The van der Waals surface area contributed by atoms with Crippen LogP contribution in [-0.4, -0.2) is 22.9 Å². The second-order valence-corrected chi connectivity index (χ2v) is 7.36. The van der Waals surface area contributed by atoms with Gasteiger partial charge in [0, 0.05) is 0 Å². The standard InChI is InChI=1S/C15H22BrNO2/c1-10-6-7-11(2)13(8-10)19-12(3)9-17-14(18)15(4,5)16/h6-8,12H,9H2,1-5H3,(H,17,18). The summed E-state index contributed by atoms with van der Waals surface area (Å²) in [6.45, 7) is 10.1. The van der Waals surface area contributed by atoms with E-state index in [0.717, 1.165) is 11.3 Å². The van der Waals surface area contributed by atoms with Gasteiger partial charge in [-0.25, -0.2) is 0 Å². The molecular formula is C15H22BrNO2. The van der Waals surface area contributed by atoms with E-state index in [2.05, 4.69) is 27.3 Å². The number of carbonyl (C=O) groups excluding carboxylic acids is 1. The zero-order valence-corrected chi connectivity index (χ0v) is 13.8. The Balaban J connectivity index is 2.54. The van der Waals surface area contributed by atoms with Gasteiger partial charge in [0.05, 0.1) is 10.9 Å². The van der Waals surface area contributed by atoms with E-state index in [1.165, 1.54) is 5.56 Å². The van der Waals surface area contributed by atoms with Crippen molar-refractivity contribution in [3.8, 4) is 5.75 Å². The van der Waals surface area contributed by atoms with Crippen LogP contribution in [0.2, 0.25) is 0 Å². The average Bonchev–Trinajstić information content (AvgIpc) is 2.29. The van der Waals surface area contributed by atoms with Crippen molar-refractivity contribution in [2.24, 2.45) is 0 Å². The molecule has 0 saturated heterocycles. The maximum atomic E-state index is 11.7. The van der Waals surface area contributed by atoms with Crippen LogP contribution in [0, 0.1) is 13.8 Å². The highest BCUT2D eigenvalue weighted by molar-refractivity contribution is 9.10. The van der Waals surface area contributed by atoms with Crippen molar-refractivity contribution >= 4 is 21.8 Å². The number of nitrogens with one attached hydrogen (secondary N) is 1. The highest BCUT2D eigenvalue weighted by Gasteiger charge is 2.23. The molecule has 0 aliphatic carbocycles. The Hall–Kier alpha value is -1.03. The summed E-state index contributed by atoms with van der Waals surface area (Å²) in [5, 5.41) is 2.87. The molecule has 1 amide bonds. The number of alkyl halides is 1. The second-order valence-electron chi connectivity index (χ2n) is 5.38.